The largest absolute Gasteiger partial charge is 0.393 e. The van der Waals surface area contributed by atoms with E-state index in [0.717, 1.165) is 30.8 Å². The zero-order chi connectivity index (χ0) is 13.1. The van der Waals surface area contributed by atoms with Crippen molar-refractivity contribution in [1.82, 2.24) is 10.3 Å². The standard InChI is InChI=1S/C14H23N3O/c1-10(15-2)14-5-4-12(8-16-14)17(3)9-11-6-13(18)7-11/h4-5,8,10-11,13,15,18H,6-7,9H2,1-3H3. The molecule has 2 rings (SSSR count). The van der Waals surface area contributed by atoms with Gasteiger partial charge >= 0.3 is 0 Å². The van der Waals surface area contributed by atoms with Gasteiger partial charge in [0.05, 0.1) is 23.7 Å². The van der Waals surface area contributed by atoms with Gasteiger partial charge in [-0.05, 0) is 44.9 Å². The van der Waals surface area contributed by atoms with E-state index in [1.807, 2.05) is 13.2 Å². The molecule has 0 saturated heterocycles. The molecule has 0 aliphatic heterocycles. The van der Waals surface area contributed by atoms with E-state index >= 15 is 0 Å². The minimum atomic E-state index is -0.0691. The first-order chi connectivity index (χ1) is 8.60. The summed E-state index contributed by atoms with van der Waals surface area (Å²) in [4.78, 5) is 6.70. The summed E-state index contributed by atoms with van der Waals surface area (Å²) in [6, 6.07) is 4.47. The van der Waals surface area contributed by atoms with Gasteiger partial charge in [-0.2, -0.15) is 0 Å². The summed E-state index contributed by atoms with van der Waals surface area (Å²) >= 11 is 0. The van der Waals surface area contributed by atoms with Gasteiger partial charge in [0.25, 0.3) is 0 Å². The van der Waals surface area contributed by atoms with Crippen molar-refractivity contribution >= 4 is 5.69 Å². The van der Waals surface area contributed by atoms with Crippen LogP contribution in [-0.2, 0) is 0 Å². The van der Waals surface area contributed by atoms with Gasteiger partial charge < -0.3 is 15.3 Å². The fourth-order valence-electron chi connectivity index (χ4n) is 2.37. The summed E-state index contributed by atoms with van der Waals surface area (Å²) in [6.45, 7) is 3.10. The molecule has 4 heteroatoms. The summed E-state index contributed by atoms with van der Waals surface area (Å²) in [5, 5.41) is 12.5. The molecule has 0 bridgehead atoms. The van der Waals surface area contributed by atoms with Gasteiger partial charge in [0.15, 0.2) is 0 Å². The Morgan fingerprint density at radius 2 is 2.22 bits per heavy atom. The third kappa shape index (κ3) is 3.00. The number of aromatic nitrogens is 1. The minimum Gasteiger partial charge on any atom is -0.393 e. The molecule has 1 aromatic rings. The highest BCUT2D eigenvalue weighted by Gasteiger charge is 2.28. The van der Waals surface area contributed by atoms with Gasteiger partial charge in [-0.1, -0.05) is 0 Å². The second-order valence-electron chi connectivity index (χ2n) is 5.32. The molecule has 1 aliphatic rings. The molecule has 1 unspecified atom stereocenters. The quantitative estimate of drug-likeness (QED) is 0.831. The summed E-state index contributed by atoms with van der Waals surface area (Å²) in [5.74, 6) is 0.626. The fraction of sp³-hybridized carbons (Fsp3) is 0.643. The number of rotatable bonds is 5. The zero-order valence-electron chi connectivity index (χ0n) is 11.4. The molecule has 18 heavy (non-hydrogen) atoms. The summed E-state index contributed by atoms with van der Waals surface area (Å²) < 4.78 is 0. The molecule has 1 aliphatic carbocycles. The van der Waals surface area contributed by atoms with Gasteiger partial charge in [-0.25, -0.2) is 0 Å². The predicted molar refractivity (Wildman–Crippen MR) is 73.7 cm³/mol. The van der Waals surface area contributed by atoms with Crippen LogP contribution in [0.2, 0.25) is 0 Å². The topological polar surface area (TPSA) is 48.4 Å². The number of hydrogen-bond acceptors (Lipinski definition) is 4. The second-order valence-corrected chi connectivity index (χ2v) is 5.32. The molecule has 1 saturated carbocycles. The van der Waals surface area contributed by atoms with Crippen LogP contribution in [0.4, 0.5) is 5.69 Å². The Morgan fingerprint density at radius 1 is 1.50 bits per heavy atom. The number of hydrogen-bond donors (Lipinski definition) is 2. The van der Waals surface area contributed by atoms with E-state index in [1.54, 1.807) is 0 Å². The van der Waals surface area contributed by atoms with Crippen molar-refractivity contribution in [2.75, 3.05) is 25.5 Å². The van der Waals surface area contributed by atoms with Crippen LogP contribution < -0.4 is 10.2 Å². The van der Waals surface area contributed by atoms with Crippen LogP contribution in [0, 0.1) is 5.92 Å². The Bertz CT molecular complexity index is 373. The molecule has 4 nitrogen and oxygen atoms in total. The first kappa shape index (κ1) is 13.3. The monoisotopic (exact) mass is 249 g/mol. The van der Waals surface area contributed by atoms with Crippen molar-refractivity contribution in [2.24, 2.45) is 5.92 Å². The molecule has 0 aromatic carbocycles. The van der Waals surface area contributed by atoms with Crippen molar-refractivity contribution in [3.63, 3.8) is 0 Å². The van der Waals surface area contributed by atoms with Crippen LogP contribution in [0.1, 0.15) is 31.5 Å². The maximum Gasteiger partial charge on any atom is 0.0571 e. The lowest BCUT2D eigenvalue weighted by atomic mass is 9.82. The van der Waals surface area contributed by atoms with Gasteiger partial charge in [-0.3, -0.25) is 4.98 Å². The van der Waals surface area contributed by atoms with E-state index in [2.05, 4.69) is 41.3 Å². The van der Waals surface area contributed by atoms with Crippen LogP contribution in [0.5, 0.6) is 0 Å². The Hall–Kier alpha value is -1.13. The third-order valence-corrected chi connectivity index (χ3v) is 3.83. The number of aliphatic hydroxyl groups is 1. The molecule has 0 spiro atoms. The van der Waals surface area contributed by atoms with E-state index in [9.17, 15) is 5.11 Å². The van der Waals surface area contributed by atoms with Crippen molar-refractivity contribution in [2.45, 2.75) is 31.9 Å². The van der Waals surface area contributed by atoms with Crippen LogP contribution in [0.25, 0.3) is 0 Å². The average molecular weight is 249 g/mol. The lowest BCUT2D eigenvalue weighted by Gasteiger charge is -2.35. The fourth-order valence-corrected chi connectivity index (χ4v) is 2.37. The minimum absolute atomic E-state index is 0.0691. The maximum atomic E-state index is 9.29. The average Bonchev–Trinajstić information content (AvgIpc) is 2.36. The summed E-state index contributed by atoms with van der Waals surface area (Å²) in [6.07, 6.45) is 3.73. The molecule has 2 N–H and O–H groups in total. The number of pyridine rings is 1. The van der Waals surface area contributed by atoms with Crippen LogP contribution in [-0.4, -0.2) is 36.8 Å². The molecule has 100 valence electrons. The van der Waals surface area contributed by atoms with Crippen LogP contribution in [0.3, 0.4) is 0 Å². The number of anilines is 1. The first-order valence-corrected chi connectivity index (χ1v) is 6.62. The zero-order valence-corrected chi connectivity index (χ0v) is 11.4. The third-order valence-electron chi connectivity index (χ3n) is 3.83. The molecule has 0 radical (unpaired) electrons. The van der Waals surface area contributed by atoms with E-state index in [-0.39, 0.29) is 12.1 Å². The van der Waals surface area contributed by atoms with Gasteiger partial charge in [0, 0.05) is 19.6 Å². The van der Waals surface area contributed by atoms with Crippen LogP contribution in [0.15, 0.2) is 18.3 Å². The Labute approximate surface area is 109 Å². The van der Waals surface area contributed by atoms with E-state index in [0.29, 0.717) is 5.92 Å². The number of nitrogens with zero attached hydrogens (tertiary/aromatic N) is 2. The highest BCUT2D eigenvalue weighted by Crippen LogP contribution is 2.29. The number of nitrogens with one attached hydrogen (secondary N) is 1. The van der Waals surface area contributed by atoms with Gasteiger partial charge in [-0.15, -0.1) is 0 Å². The normalized spacial score (nSPS) is 24.4. The van der Waals surface area contributed by atoms with Crippen molar-refractivity contribution in [3.8, 4) is 0 Å². The molecule has 1 heterocycles. The summed E-state index contributed by atoms with van der Waals surface area (Å²) in [5.41, 5.74) is 2.21. The molecular weight excluding hydrogens is 226 g/mol. The lowest BCUT2D eigenvalue weighted by Crippen LogP contribution is -2.37. The van der Waals surface area contributed by atoms with Crippen molar-refractivity contribution < 1.29 is 5.11 Å². The Balaban J connectivity index is 1.92. The van der Waals surface area contributed by atoms with Crippen LogP contribution >= 0.6 is 0 Å². The molecule has 1 atom stereocenters. The van der Waals surface area contributed by atoms with Crippen molar-refractivity contribution in [3.05, 3.63) is 24.0 Å². The Morgan fingerprint density at radius 3 is 2.72 bits per heavy atom. The predicted octanol–water partition coefficient (Wildman–Crippen LogP) is 1.57. The molecular formula is C14H23N3O. The highest BCUT2D eigenvalue weighted by atomic mass is 16.3. The van der Waals surface area contributed by atoms with E-state index < -0.39 is 0 Å². The van der Waals surface area contributed by atoms with Gasteiger partial charge in [0.1, 0.15) is 0 Å². The molecule has 0 amide bonds. The molecule has 1 fully saturated rings. The maximum absolute atomic E-state index is 9.29. The van der Waals surface area contributed by atoms with E-state index in [1.165, 1.54) is 0 Å². The highest BCUT2D eigenvalue weighted by molar-refractivity contribution is 5.44. The second kappa shape index (κ2) is 5.67. The summed E-state index contributed by atoms with van der Waals surface area (Å²) in [7, 11) is 4.02. The number of aliphatic hydroxyl groups excluding tert-OH is 1. The van der Waals surface area contributed by atoms with Gasteiger partial charge in [0.2, 0.25) is 0 Å². The molecule has 1 aromatic heterocycles. The Kier molecular flexibility index (Phi) is 4.19. The lowest BCUT2D eigenvalue weighted by molar-refractivity contribution is 0.0465. The van der Waals surface area contributed by atoms with Crippen molar-refractivity contribution in [1.29, 1.82) is 0 Å². The van der Waals surface area contributed by atoms with E-state index in [4.69, 9.17) is 0 Å². The smallest absolute Gasteiger partial charge is 0.0571 e. The SMILES string of the molecule is CNC(C)c1ccc(N(C)CC2CC(O)C2)cn1. The first-order valence-electron chi connectivity index (χ1n) is 6.62.